The van der Waals surface area contributed by atoms with Crippen LogP contribution >= 0.6 is 0 Å². The van der Waals surface area contributed by atoms with Crippen LogP contribution in [0, 0.1) is 11.6 Å². The van der Waals surface area contributed by atoms with E-state index in [0.29, 0.717) is 6.42 Å². The molecule has 0 amide bonds. The maximum Gasteiger partial charge on any atom is 0.162 e. The zero-order valence-corrected chi connectivity index (χ0v) is 11.4. The Balaban J connectivity index is 2.68. The fourth-order valence-electron chi connectivity index (χ4n) is 1.57. The molecule has 0 saturated heterocycles. The lowest BCUT2D eigenvalue weighted by atomic mass is 9.99. The quantitative estimate of drug-likeness (QED) is 0.724. The zero-order valence-electron chi connectivity index (χ0n) is 10.0. The van der Waals surface area contributed by atoms with Crippen molar-refractivity contribution in [3.8, 4) is 0 Å². The van der Waals surface area contributed by atoms with Gasteiger partial charge in [0, 0.05) is 0 Å². The molecule has 0 aliphatic rings. The molecule has 90 valence electrons. The van der Waals surface area contributed by atoms with Crippen LogP contribution in [0.15, 0.2) is 18.2 Å². The SMILES string of the molecule is CC[SiH2]OC(C)(C)Cc1ccc(F)c(F)c1. The number of benzene rings is 1. The minimum absolute atomic E-state index is 0.285. The van der Waals surface area contributed by atoms with E-state index in [1.165, 1.54) is 6.07 Å². The van der Waals surface area contributed by atoms with Gasteiger partial charge in [0.25, 0.3) is 0 Å². The lowest BCUT2D eigenvalue weighted by molar-refractivity contribution is 0.116. The molecular weight excluding hydrogens is 226 g/mol. The molecule has 1 nitrogen and oxygen atoms in total. The molecule has 16 heavy (non-hydrogen) atoms. The molecule has 0 fully saturated rings. The number of rotatable bonds is 5. The second-order valence-corrected chi connectivity index (χ2v) is 6.23. The van der Waals surface area contributed by atoms with Gasteiger partial charge in [-0.15, -0.1) is 0 Å². The van der Waals surface area contributed by atoms with Crippen molar-refractivity contribution in [1.82, 2.24) is 0 Å². The number of halogens is 2. The van der Waals surface area contributed by atoms with Crippen LogP contribution < -0.4 is 0 Å². The summed E-state index contributed by atoms with van der Waals surface area (Å²) in [6.45, 7) is 6.06. The molecule has 0 bridgehead atoms. The minimum atomic E-state index is -0.801. The molecule has 0 atom stereocenters. The molecule has 1 aromatic carbocycles. The summed E-state index contributed by atoms with van der Waals surface area (Å²) in [5.41, 5.74) is 0.487. The highest BCUT2D eigenvalue weighted by Gasteiger charge is 2.18. The monoisotopic (exact) mass is 244 g/mol. The Bertz CT molecular complexity index is 353. The van der Waals surface area contributed by atoms with Gasteiger partial charge in [-0.2, -0.15) is 0 Å². The van der Waals surface area contributed by atoms with E-state index in [9.17, 15) is 8.78 Å². The highest BCUT2D eigenvalue weighted by molar-refractivity contribution is 6.27. The van der Waals surface area contributed by atoms with E-state index in [-0.39, 0.29) is 5.60 Å². The van der Waals surface area contributed by atoms with Gasteiger partial charge < -0.3 is 4.43 Å². The van der Waals surface area contributed by atoms with Crippen molar-refractivity contribution in [3.63, 3.8) is 0 Å². The Morgan fingerprint density at radius 3 is 2.50 bits per heavy atom. The lowest BCUT2D eigenvalue weighted by Crippen LogP contribution is -2.29. The maximum atomic E-state index is 13.0. The highest BCUT2D eigenvalue weighted by Crippen LogP contribution is 2.18. The smallest absolute Gasteiger partial charge is 0.162 e. The van der Waals surface area contributed by atoms with Gasteiger partial charge in [-0.3, -0.25) is 0 Å². The maximum absolute atomic E-state index is 13.0. The third-order valence-corrected chi connectivity index (χ3v) is 3.70. The van der Waals surface area contributed by atoms with Crippen LogP contribution in [0.2, 0.25) is 6.04 Å². The van der Waals surface area contributed by atoms with Gasteiger partial charge in [0.2, 0.25) is 0 Å². The second kappa shape index (κ2) is 5.55. The van der Waals surface area contributed by atoms with Crippen molar-refractivity contribution < 1.29 is 13.2 Å². The molecule has 0 saturated carbocycles. The van der Waals surface area contributed by atoms with Gasteiger partial charge in [0.1, 0.15) is 0 Å². The summed E-state index contributed by atoms with van der Waals surface area (Å²) in [4.78, 5) is 0. The summed E-state index contributed by atoms with van der Waals surface area (Å²) in [6.07, 6.45) is 0.608. The zero-order chi connectivity index (χ0) is 12.2. The summed E-state index contributed by atoms with van der Waals surface area (Å²) < 4.78 is 31.5. The molecule has 0 aliphatic carbocycles. The predicted molar refractivity (Wildman–Crippen MR) is 64.3 cm³/mol. The molecule has 0 radical (unpaired) electrons. The first-order valence-corrected chi connectivity index (χ1v) is 7.10. The highest BCUT2D eigenvalue weighted by atomic mass is 28.2. The van der Waals surface area contributed by atoms with Crippen LogP contribution in [0.25, 0.3) is 0 Å². The fraction of sp³-hybridized carbons (Fsp3) is 0.500. The summed E-state index contributed by atoms with van der Waals surface area (Å²) in [5.74, 6) is -1.59. The average Bonchev–Trinajstić information content (AvgIpc) is 2.20. The van der Waals surface area contributed by atoms with Crippen LogP contribution in [0.4, 0.5) is 8.78 Å². The molecule has 0 aliphatic heterocycles. The van der Waals surface area contributed by atoms with Gasteiger partial charge in [-0.1, -0.05) is 13.0 Å². The first-order chi connectivity index (χ1) is 7.44. The van der Waals surface area contributed by atoms with Crippen molar-refractivity contribution in [2.24, 2.45) is 0 Å². The topological polar surface area (TPSA) is 9.23 Å². The average molecular weight is 244 g/mol. The van der Waals surface area contributed by atoms with E-state index in [2.05, 4.69) is 6.92 Å². The lowest BCUT2D eigenvalue weighted by Gasteiger charge is -2.26. The van der Waals surface area contributed by atoms with Crippen LogP contribution in [-0.2, 0) is 10.8 Å². The van der Waals surface area contributed by atoms with Gasteiger partial charge in [-0.05, 0) is 44.0 Å². The van der Waals surface area contributed by atoms with E-state index in [1.54, 1.807) is 6.07 Å². The predicted octanol–water partition coefficient (Wildman–Crippen LogP) is 2.82. The van der Waals surface area contributed by atoms with Crippen LogP contribution in [0.3, 0.4) is 0 Å². The van der Waals surface area contributed by atoms with Crippen molar-refractivity contribution in [2.75, 3.05) is 0 Å². The first kappa shape index (κ1) is 13.3. The third kappa shape index (κ3) is 4.02. The molecule has 0 aromatic heterocycles. The summed E-state index contributed by atoms with van der Waals surface area (Å²) in [6, 6.07) is 5.10. The van der Waals surface area contributed by atoms with E-state index in [1.807, 2.05) is 13.8 Å². The summed E-state index contributed by atoms with van der Waals surface area (Å²) >= 11 is 0. The van der Waals surface area contributed by atoms with Crippen molar-refractivity contribution in [1.29, 1.82) is 0 Å². The molecule has 0 heterocycles. The van der Waals surface area contributed by atoms with Gasteiger partial charge >= 0.3 is 0 Å². The Morgan fingerprint density at radius 2 is 1.94 bits per heavy atom. The Labute approximate surface area is 97.8 Å². The number of hydrogen-bond donors (Lipinski definition) is 0. The Morgan fingerprint density at radius 1 is 1.25 bits per heavy atom. The minimum Gasteiger partial charge on any atom is -0.419 e. The molecule has 1 rings (SSSR count). The third-order valence-electron chi connectivity index (χ3n) is 2.31. The van der Waals surface area contributed by atoms with Crippen LogP contribution in [0.1, 0.15) is 26.3 Å². The Hall–Kier alpha value is -0.743. The van der Waals surface area contributed by atoms with Crippen molar-refractivity contribution >= 4 is 9.76 Å². The molecule has 0 unspecified atom stereocenters. The second-order valence-electron chi connectivity index (χ2n) is 4.53. The molecule has 0 N–H and O–H groups in total. The summed E-state index contributed by atoms with van der Waals surface area (Å²) in [7, 11) is -0.484. The molecule has 1 aromatic rings. The van der Waals surface area contributed by atoms with Gasteiger partial charge in [-0.25, -0.2) is 8.78 Å². The Kier molecular flexibility index (Phi) is 4.62. The van der Waals surface area contributed by atoms with Crippen LogP contribution in [-0.4, -0.2) is 15.4 Å². The number of hydrogen-bond acceptors (Lipinski definition) is 1. The molecule has 0 spiro atoms. The summed E-state index contributed by atoms with van der Waals surface area (Å²) in [5, 5.41) is 0. The van der Waals surface area contributed by atoms with Crippen molar-refractivity contribution in [2.45, 2.75) is 38.8 Å². The standard InChI is InChI=1S/C12H18F2OSi/c1-4-16-15-12(2,3)8-9-5-6-10(13)11(14)7-9/h5-7H,4,8,16H2,1-3H3. The van der Waals surface area contributed by atoms with Gasteiger partial charge in [0.15, 0.2) is 21.4 Å². The first-order valence-electron chi connectivity index (χ1n) is 5.52. The largest absolute Gasteiger partial charge is 0.419 e. The van der Waals surface area contributed by atoms with E-state index >= 15 is 0 Å². The van der Waals surface area contributed by atoms with E-state index in [4.69, 9.17) is 4.43 Å². The van der Waals surface area contributed by atoms with E-state index < -0.39 is 21.4 Å². The molecule has 4 heteroatoms. The fourth-order valence-corrected chi connectivity index (χ4v) is 2.43. The van der Waals surface area contributed by atoms with E-state index in [0.717, 1.165) is 17.7 Å². The van der Waals surface area contributed by atoms with Crippen LogP contribution in [0.5, 0.6) is 0 Å². The van der Waals surface area contributed by atoms with Gasteiger partial charge in [0.05, 0.1) is 5.60 Å². The molecular formula is C12H18F2OSi. The normalized spacial score (nSPS) is 12.6. The van der Waals surface area contributed by atoms with Crippen molar-refractivity contribution in [3.05, 3.63) is 35.4 Å².